The third kappa shape index (κ3) is 2.86. The molecule has 2 rings (SSSR count). The summed E-state index contributed by atoms with van der Waals surface area (Å²) in [6.45, 7) is 1.96. The second kappa shape index (κ2) is 5.94. The van der Waals surface area contributed by atoms with Crippen molar-refractivity contribution in [1.82, 2.24) is 0 Å². The lowest BCUT2D eigenvalue weighted by Crippen LogP contribution is -2.06. The van der Waals surface area contributed by atoms with E-state index in [0.717, 1.165) is 22.0 Å². The minimum atomic E-state index is -0.0392. The van der Waals surface area contributed by atoms with Gasteiger partial charge in [-0.1, -0.05) is 30.3 Å². The Morgan fingerprint density at radius 3 is 2.28 bits per heavy atom. The maximum absolute atomic E-state index is 5.99. The van der Waals surface area contributed by atoms with Gasteiger partial charge in [0.2, 0.25) is 0 Å². The van der Waals surface area contributed by atoms with Crippen LogP contribution in [0, 0.1) is 0 Å². The predicted molar refractivity (Wildman–Crippen MR) is 77.3 cm³/mol. The van der Waals surface area contributed by atoms with Crippen LogP contribution < -0.4 is 10.5 Å². The van der Waals surface area contributed by atoms with Crippen LogP contribution in [0.4, 0.5) is 0 Å². The van der Waals surface area contributed by atoms with Gasteiger partial charge in [0.1, 0.15) is 11.5 Å². The smallest absolute Gasteiger partial charge is 0.140 e. The van der Waals surface area contributed by atoms with Crippen LogP contribution in [0.3, 0.4) is 0 Å². The minimum absolute atomic E-state index is 0.0392. The van der Waals surface area contributed by atoms with Crippen molar-refractivity contribution < 1.29 is 4.74 Å². The number of hydrogen-bond donors (Lipinski definition) is 1. The molecule has 0 aliphatic rings. The van der Waals surface area contributed by atoms with Crippen molar-refractivity contribution in [3.05, 3.63) is 54.1 Å². The molecule has 0 radical (unpaired) electrons. The number of para-hydroxylation sites is 2. The third-order valence-corrected chi connectivity index (χ3v) is 3.48. The lowest BCUT2D eigenvalue weighted by atomic mass is 10.1. The Hall–Kier alpha value is -1.45. The van der Waals surface area contributed by atoms with Crippen LogP contribution in [-0.2, 0) is 0 Å². The molecule has 0 aliphatic carbocycles. The average Bonchev–Trinajstić information content (AvgIpc) is 2.40. The lowest BCUT2D eigenvalue weighted by Gasteiger charge is -2.15. The highest BCUT2D eigenvalue weighted by atomic mass is 32.2. The Kier molecular flexibility index (Phi) is 4.28. The standard InChI is InChI=1S/C15H17NOS/c1-11(16)12-7-3-4-8-13(12)17-14-9-5-6-10-15(14)18-2/h3-11H,16H2,1-2H3/t11-/m1/s1. The summed E-state index contributed by atoms with van der Waals surface area (Å²) in [5.74, 6) is 1.70. The number of ether oxygens (including phenoxy) is 1. The fourth-order valence-corrected chi connectivity index (χ4v) is 2.30. The van der Waals surface area contributed by atoms with E-state index in [0.29, 0.717) is 0 Å². The summed E-state index contributed by atoms with van der Waals surface area (Å²) >= 11 is 1.67. The summed E-state index contributed by atoms with van der Waals surface area (Å²) in [5.41, 5.74) is 6.98. The van der Waals surface area contributed by atoms with Crippen molar-refractivity contribution in [3.63, 3.8) is 0 Å². The molecule has 18 heavy (non-hydrogen) atoms. The highest BCUT2D eigenvalue weighted by Gasteiger charge is 2.09. The summed E-state index contributed by atoms with van der Waals surface area (Å²) in [7, 11) is 0. The van der Waals surface area contributed by atoms with Gasteiger partial charge in [0.05, 0.1) is 0 Å². The zero-order valence-electron chi connectivity index (χ0n) is 10.6. The fraction of sp³-hybridized carbons (Fsp3) is 0.200. The first-order valence-corrected chi connectivity index (χ1v) is 7.10. The SMILES string of the molecule is CSc1ccccc1Oc1ccccc1[C@@H](C)N. The van der Waals surface area contributed by atoms with E-state index in [1.807, 2.05) is 55.6 Å². The Labute approximate surface area is 112 Å². The number of nitrogens with two attached hydrogens (primary N) is 1. The Balaban J connectivity index is 2.34. The number of hydrogen-bond acceptors (Lipinski definition) is 3. The number of thioether (sulfide) groups is 1. The van der Waals surface area contributed by atoms with Crippen LogP contribution in [0.15, 0.2) is 53.4 Å². The molecular formula is C15H17NOS. The summed E-state index contributed by atoms with van der Waals surface area (Å²) in [6.07, 6.45) is 2.04. The molecular weight excluding hydrogens is 242 g/mol. The van der Waals surface area contributed by atoms with Crippen molar-refractivity contribution in [2.75, 3.05) is 6.26 Å². The van der Waals surface area contributed by atoms with Crippen molar-refractivity contribution in [1.29, 1.82) is 0 Å². The average molecular weight is 259 g/mol. The van der Waals surface area contributed by atoms with E-state index in [1.54, 1.807) is 11.8 Å². The molecule has 0 saturated carbocycles. The van der Waals surface area contributed by atoms with Gasteiger partial charge < -0.3 is 10.5 Å². The van der Waals surface area contributed by atoms with Crippen LogP contribution in [0.5, 0.6) is 11.5 Å². The fourth-order valence-electron chi connectivity index (χ4n) is 1.77. The summed E-state index contributed by atoms with van der Waals surface area (Å²) in [6, 6.07) is 15.9. The Morgan fingerprint density at radius 2 is 1.61 bits per heavy atom. The predicted octanol–water partition coefficient (Wildman–Crippen LogP) is 4.22. The normalized spacial score (nSPS) is 12.2. The van der Waals surface area contributed by atoms with Crippen LogP contribution in [0.25, 0.3) is 0 Å². The van der Waals surface area contributed by atoms with Gasteiger partial charge in [-0.15, -0.1) is 11.8 Å². The highest BCUT2D eigenvalue weighted by Crippen LogP contribution is 2.34. The topological polar surface area (TPSA) is 35.2 Å². The maximum atomic E-state index is 5.99. The summed E-state index contributed by atoms with van der Waals surface area (Å²) < 4.78 is 5.99. The maximum Gasteiger partial charge on any atom is 0.140 e. The van der Waals surface area contributed by atoms with Crippen molar-refractivity contribution >= 4 is 11.8 Å². The van der Waals surface area contributed by atoms with Gasteiger partial charge >= 0.3 is 0 Å². The molecule has 94 valence electrons. The molecule has 0 bridgehead atoms. The molecule has 0 fully saturated rings. The first-order valence-electron chi connectivity index (χ1n) is 5.87. The summed E-state index contributed by atoms with van der Waals surface area (Å²) in [4.78, 5) is 1.12. The van der Waals surface area contributed by atoms with Crippen molar-refractivity contribution in [2.24, 2.45) is 5.73 Å². The Morgan fingerprint density at radius 1 is 1.00 bits per heavy atom. The molecule has 1 atom stereocenters. The van der Waals surface area contributed by atoms with E-state index in [9.17, 15) is 0 Å². The van der Waals surface area contributed by atoms with Crippen LogP contribution >= 0.6 is 11.8 Å². The highest BCUT2D eigenvalue weighted by molar-refractivity contribution is 7.98. The van der Waals surface area contributed by atoms with E-state index >= 15 is 0 Å². The second-order valence-corrected chi connectivity index (χ2v) is 4.93. The van der Waals surface area contributed by atoms with Gasteiger partial charge in [-0.2, -0.15) is 0 Å². The zero-order chi connectivity index (χ0) is 13.0. The molecule has 2 nitrogen and oxygen atoms in total. The van der Waals surface area contributed by atoms with Gasteiger partial charge in [-0.05, 0) is 31.4 Å². The molecule has 2 aromatic rings. The quantitative estimate of drug-likeness (QED) is 0.835. The largest absolute Gasteiger partial charge is 0.456 e. The monoisotopic (exact) mass is 259 g/mol. The summed E-state index contributed by atoms with van der Waals surface area (Å²) in [5, 5.41) is 0. The molecule has 2 N–H and O–H groups in total. The molecule has 0 unspecified atom stereocenters. The molecule has 3 heteroatoms. The van der Waals surface area contributed by atoms with Crippen molar-refractivity contribution in [2.45, 2.75) is 17.9 Å². The molecule has 0 saturated heterocycles. The minimum Gasteiger partial charge on any atom is -0.456 e. The van der Waals surface area contributed by atoms with Gasteiger partial charge in [0, 0.05) is 16.5 Å². The van der Waals surface area contributed by atoms with Crippen LogP contribution in [-0.4, -0.2) is 6.26 Å². The molecule has 0 heterocycles. The lowest BCUT2D eigenvalue weighted by molar-refractivity contribution is 0.461. The van der Waals surface area contributed by atoms with E-state index < -0.39 is 0 Å². The number of benzene rings is 2. The molecule has 0 aromatic heterocycles. The first kappa shape index (κ1) is 13.0. The van der Waals surface area contributed by atoms with E-state index in [1.165, 1.54) is 0 Å². The molecule has 0 spiro atoms. The second-order valence-electron chi connectivity index (χ2n) is 4.08. The van der Waals surface area contributed by atoms with Crippen LogP contribution in [0.1, 0.15) is 18.5 Å². The third-order valence-electron chi connectivity index (χ3n) is 2.70. The van der Waals surface area contributed by atoms with E-state index in [2.05, 4.69) is 6.07 Å². The van der Waals surface area contributed by atoms with Gasteiger partial charge in [-0.3, -0.25) is 0 Å². The molecule has 2 aromatic carbocycles. The molecule has 0 amide bonds. The van der Waals surface area contributed by atoms with Gasteiger partial charge in [0.25, 0.3) is 0 Å². The van der Waals surface area contributed by atoms with E-state index in [4.69, 9.17) is 10.5 Å². The van der Waals surface area contributed by atoms with Crippen molar-refractivity contribution in [3.8, 4) is 11.5 Å². The number of rotatable bonds is 4. The molecule has 0 aliphatic heterocycles. The first-order chi connectivity index (χ1) is 8.72. The zero-order valence-corrected chi connectivity index (χ0v) is 11.4. The van der Waals surface area contributed by atoms with Gasteiger partial charge in [-0.25, -0.2) is 0 Å². The van der Waals surface area contributed by atoms with Gasteiger partial charge in [0.15, 0.2) is 0 Å². The van der Waals surface area contributed by atoms with Crippen LogP contribution in [0.2, 0.25) is 0 Å². The van der Waals surface area contributed by atoms with E-state index in [-0.39, 0.29) is 6.04 Å². The Bertz CT molecular complexity index is 525.